The fourth-order valence-corrected chi connectivity index (χ4v) is 3.48. The van der Waals surface area contributed by atoms with Crippen LogP contribution in [0.4, 0.5) is 10.1 Å². The lowest BCUT2D eigenvalue weighted by molar-refractivity contribution is -0.0255. The van der Waals surface area contributed by atoms with Gasteiger partial charge < -0.3 is 21.1 Å². The third kappa shape index (κ3) is 4.77. The van der Waals surface area contributed by atoms with Crippen LogP contribution in [0.25, 0.3) is 0 Å². The van der Waals surface area contributed by atoms with Crippen molar-refractivity contribution in [2.75, 3.05) is 31.9 Å². The molecule has 0 aliphatic carbocycles. The maximum absolute atomic E-state index is 13.1. The minimum atomic E-state index is -0.840. The molecule has 1 saturated heterocycles. The third-order valence-electron chi connectivity index (χ3n) is 5.04. The van der Waals surface area contributed by atoms with Crippen molar-refractivity contribution in [3.8, 4) is 0 Å². The number of halogens is 2. The molecule has 0 bridgehead atoms. The van der Waals surface area contributed by atoms with Gasteiger partial charge in [-0.2, -0.15) is 0 Å². The zero-order valence-corrected chi connectivity index (χ0v) is 15.7. The molecule has 0 aromatic heterocycles. The van der Waals surface area contributed by atoms with Crippen molar-refractivity contribution in [1.82, 2.24) is 10.2 Å². The van der Waals surface area contributed by atoms with Gasteiger partial charge in [-0.1, -0.05) is 23.7 Å². The van der Waals surface area contributed by atoms with Crippen molar-refractivity contribution in [2.24, 2.45) is 0 Å². The average molecular weight is 392 g/mol. The molecule has 1 heterocycles. The van der Waals surface area contributed by atoms with E-state index in [9.17, 15) is 14.3 Å². The Balaban J connectivity index is 1.47. The smallest absolute Gasteiger partial charge is 0.253 e. The van der Waals surface area contributed by atoms with Gasteiger partial charge in [0.2, 0.25) is 0 Å². The molecule has 2 aromatic rings. The van der Waals surface area contributed by atoms with E-state index in [0.29, 0.717) is 31.0 Å². The molecule has 1 aliphatic rings. The highest BCUT2D eigenvalue weighted by Gasteiger charge is 2.33. The normalized spacial score (nSPS) is 16.9. The molecule has 27 heavy (non-hydrogen) atoms. The Morgan fingerprint density at radius 3 is 2.52 bits per heavy atom. The van der Waals surface area contributed by atoms with Crippen LogP contribution in [0.2, 0.25) is 5.02 Å². The number of amides is 1. The van der Waals surface area contributed by atoms with Crippen LogP contribution in [0.5, 0.6) is 0 Å². The van der Waals surface area contributed by atoms with Crippen molar-refractivity contribution in [2.45, 2.75) is 18.4 Å². The van der Waals surface area contributed by atoms with E-state index in [1.807, 2.05) is 12.1 Å². The van der Waals surface area contributed by atoms with Crippen molar-refractivity contribution in [3.05, 3.63) is 64.4 Å². The molecule has 0 unspecified atom stereocenters. The van der Waals surface area contributed by atoms with Crippen LogP contribution in [0, 0.1) is 5.82 Å². The summed E-state index contributed by atoms with van der Waals surface area (Å²) >= 11 is 5.91. The SMILES string of the molecule is Nc1cc(F)ccc1C(=O)NCCN1CCC(O)(c2ccc(Cl)cc2)CC1. The Labute approximate surface area is 162 Å². The Hall–Kier alpha value is -2.15. The zero-order chi connectivity index (χ0) is 19.4. The summed E-state index contributed by atoms with van der Waals surface area (Å²) < 4.78 is 13.1. The number of rotatable bonds is 5. The maximum Gasteiger partial charge on any atom is 0.253 e. The first-order valence-corrected chi connectivity index (χ1v) is 9.29. The first-order valence-electron chi connectivity index (χ1n) is 8.91. The molecule has 1 fully saturated rings. The van der Waals surface area contributed by atoms with E-state index in [2.05, 4.69) is 10.2 Å². The standard InChI is InChI=1S/C20H23ClFN3O2/c21-15-3-1-14(2-4-15)20(27)7-10-25(11-8-20)12-9-24-19(26)17-6-5-16(22)13-18(17)23/h1-6,13,27H,7-12,23H2,(H,24,26). The van der Waals surface area contributed by atoms with Crippen LogP contribution in [-0.4, -0.2) is 42.1 Å². The van der Waals surface area contributed by atoms with Crippen molar-refractivity contribution in [1.29, 1.82) is 0 Å². The number of likely N-dealkylation sites (tertiary alicyclic amines) is 1. The largest absolute Gasteiger partial charge is 0.398 e. The van der Waals surface area contributed by atoms with E-state index in [-0.39, 0.29) is 17.2 Å². The second kappa shape index (κ2) is 8.25. The van der Waals surface area contributed by atoms with Gasteiger partial charge in [-0.3, -0.25) is 4.79 Å². The van der Waals surface area contributed by atoms with Gasteiger partial charge in [-0.15, -0.1) is 0 Å². The summed E-state index contributed by atoms with van der Waals surface area (Å²) in [5.41, 5.74) is 6.12. The van der Waals surface area contributed by atoms with E-state index < -0.39 is 11.4 Å². The van der Waals surface area contributed by atoms with Crippen LogP contribution >= 0.6 is 11.6 Å². The first kappa shape index (κ1) is 19.6. The predicted molar refractivity (Wildman–Crippen MR) is 104 cm³/mol. The Morgan fingerprint density at radius 1 is 1.22 bits per heavy atom. The van der Waals surface area contributed by atoms with E-state index >= 15 is 0 Å². The van der Waals surface area contributed by atoms with Crippen LogP contribution < -0.4 is 11.1 Å². The topological polar surface area (TPSA) is 78.6 Å². The van der Waals surface area contributed by atoms with Crippen molar-refractivity contribution < 1.29 is 14.3 Å². The number of benzene rings is 2. The number of hydrogen-bond acceptors (Lipinski definition) is 4. The fraction of sp³-hybridized carbons (Fsp3) is 0.350. The summed E-state index contributed by atoms with van der Waals surface area (Å²) in [6, 6.07) is 11.0. The lowest BCUT2D eigenvalue weighted by Gasteiger charge is -2.38. The number of anilines is 1. The van der Waals surface area contributed by atoms with E-state index in [1.54, 1.807) is 12.1 Å². The Kier molecular flexibility index (Phi) is 5.99. The quantitative estimate of drug-likeness (QED) is 0.685. The van der Waals surface area contributed by atoms with E-state index in [1.165, 1.54) is 12.1 Å². The molecule has 0 atom stereocenters. The predicted octanol–water partition coefficient (Wildman–Crippen LogP) is 2.77. The summed E-state index contributed by atoms with van der Waals surface area (Å²) in [4.78, 5) is 14.3. The molecule has 0 radical (unpaired) electrons. The highest BCUT2D eigenvalue weighted by atomic mass is 35.5. The summed E-state index contributed by atoms with van der Waals surface area (Å²) in [6.07, 6.45) is 1.24. The van der Waals surface area contributed by atoms with Crippen molar-refractivity contribution in [3.63, 3.8) is 0 Å². The second-order valence-corrected chi connectivity index (χ2v) is 7.30. The molecule has 5 nitrogen and oxygen atoms in total. The Bertz CT molecular complexity index is 805. The van der Waals surface area contributed by atoms with Gasteiger partial charge in [0, 0.05) is 36.9 Å². The summed E-state index contributed by atoms with van der Waals surface area (Å²) in [5, 5.41) is 14.3. The third-order valence-corrected chi connectivity index (χ3v) is 5.29. The number of carbonyl (C=O) groups is 1. The number of nitrogens with zero attached hydrogens (tertiary/aromatic N) is 1. The number of hydrogen-bond donors (Lipinski definition) is 3. The molecule has 1 aliphatic heterocycles. The molecule has 144 valence electrons. The molecular formula is C20H23ClFN3O2. The highest BCUT2D eigenvalue weighted by Crippen LogP contribution is 2.33. The number of nitrogen functional groups attached to an aromatic ring is 1. The summed E-state index contributed by atoms with van der Waals surface area (Å²) in [6.45, 7) is 2.58. The summed E-state index contributed by atoms with van der Waals surface area (Å²) in [5.74, 6) is -0.785. The monoisotopic (exact) mass is 391 g/mol. The lowest BCUT2D eigenvalue weighted by atomic mass is 9.84. The molecule has 4 N–H and O–H groups in total. The van der Waals surface area contributed by atoms with Gasteiger partial charge in [0.25, 0.3) is 5.91 Å². The van der Waals surface area contributed by atoms with Gasteiger partial charge in [0.1, 0.15) is 5.82 Å². The summed E-state index contributed by atoms with van der Waals surface area (Å²) in [7, 11) is 0. The number of nitrogens with two attached hydrogens (primary N) is 1. The molecule has 2 aromatic carbocycles. The van der Waals surface area contributed by atoms with Gasteiger partial charge in [-0.25, -0.2) is 4.39 Å². The first-order chi connectivity index (χ1) is 12.9. The molecule has 3 rings (SSSR count). The molecular weight excluding hydrogens is 369 g/mol. The van der Waals surface area contributed by atoms with E-state index in [4.69, 9.17) is 17.3 Å². The van der Waals surface area contributed by atoms with Crippen molar-refractivity contribution >= 4 is 23.2 Å². The van der Waals surface area contributed by atoms with Gasteiger partial charge in [0.05, 0.1) is 11.2 Å². The molecule has 0 saturated carbocycles. The second-order valence-electron chi connectivity index (χ2n) is 6.87. The van der Waals surface area contributed by atoms with Gasteiger partial charge in [-0.05, 0) is 48.7 Å². The minimum Gasteiger partial charge on any atom is -0.398 e. The fourth-order valence-electron chi connectivity index (χ4n) is 3.36. The molecule has 7 heteroatoms. The number of carbonyl (C=O) groups excluding carboxylic acids is 1. The van der Waals surface area contributed by atoms with E-state index in [0.717, 1.165) is 24.7 Å². The molecule has 0 spiro atoms. The Morgan fingerprint density at radius 2 is 1.89 bits per heavy atom. The van der Waals surface area contributed by atoms with Gasteiger partial charge >= 0.3 is 0 Å². The molecule has 1 amide bonds. The number of piperidine rings is 1. The van der Waals surface area contributed by atoms with Crippen LogP contribution in [0.3, 0.4) is 0 Å². The van der Waals surface area contributed by atoms with Crippen LogP contribution in [0.1, 0.15) is 28.8 Å². The highest BCUT2D eigenvalue weighted by molar-refractivity contribution is 6.30. The van der Waals surface area contributed by atoms with Crippen LogP contribution in [-0.2, 0) is 5.60 Å². The van der Waals surface area contributed by atoms with Crippen LogP contribution in [0.15, 0.2) is 42.5 Å². The lowest BCUT2D eigenvalue weighted by Crippen LogP contribution is -2.45. The average Bonchev–Trinajstić information content (AvgIpc) is 2.64. The van der Waals surface area contributed by atoms with Gasteiger partial charge in [0.15, 0.2) is 0 Å². The number of aliphatic hydroxyl groups is 1. The number of nitrogens with one attached hydrogen (secondary N) is 1. The zero-order valence-electron chi connectivity index (χ0n) is 14.9. The maximum atomic E-state index is 13.1. The minimum absolute atomic E-state index is 0.124.